The van der Waals surface area contributed by atoms with Crippen LogP contribution in [0.4, 0.5) is 15.9 Å². The number of carbonyl (C=O) groups is 1. The second-order valence-electron chi connectivity index (χ2n) is 8.19. The molecule has 5 rings (SSSR count). The summed E-state index contributed by atoms with van der Waals surface area (Å²) in [4.78, 5) is 28.0. The van der Waals surface area contributed by atoms with Crippen LogP contribution in [-0.2, 0) is 4.79 Å². The number of rotatable bonds is 3. The van der Waals surface area contributed by atoms with Gasteiger partial charge in [-0.1, -0.05) is 17.3 Å². The van der Waals surface area contributed by atoms with Crippen molar-refractivity contribution in [3.8, 4) is 0 Å². The lowest BCUT2D eigenvalue weighted by molar-refractivity contribution is -0.136. The van der Waals surface area contributed by atoms with Crippen molar-refractivity contribution in [2.75, 3.05) is 49.1 Å². The maximum atomic E-state index is 14.1. The van der Waals surface area contributed by atoms with Crippen LogP contribution in [-0.4, -0.2) is 65.2 Å². The number of piperazine rings is 1. The maximum absolute atomic E-state index is 14.1. The number of halogens is 1. The van der Waals surface area contributed by atoms with Crippen molar-refractivity contribution < 1.29 is 13.7 Å². The summed E-state index contributed by atoms with van der Waals surface area (Å²) in [6.45, 7) is 5.80. The van der Waals surface area contributed by atoms with Gasteiger partial charge in [0.2, 0.25) is 5.91 Å². The summed E-state index contributed by atoms with van der Waals surface area (Å²) in [7, 11) is 0. The normalized spacial score (nSPS) is 19.8. The molecule has 0 spiro atoms. The zero-order chi connectivity index (χ0) is 21.4. The first-order valence-corrected chi connectivity index (χ1v) is 10.7. The minimum atomic E-state index is -0.217. The van der Waals surface area contributed by atoms with Crippen molar-refractivity contribution >= 4 is 28.5 Å². The summed E-state index contributed by atoms with van der Waals surface area (Å²) in [5, 5.41) is 4.82. The number of para-hydroxylation sites is 1. The van der Waals surface area contributed by atoms with E-state index in [1.807, 2.05) is 22.8 Å². The average molecular weight is 424 g/mol. The predicted molar refractivity (Wildman–Crippen MR) is 114 cm³/mol. The highest BCUT2D eigenvalue weighted by molar-refractivity contribution is 5.88. The number of aromatic nitrogens is 3. The van der Waals surface area contributed by atoms with Gasteiger partial charge in [0.15, 0.2) is 0 Å². The molecule has 1 amide bonds. The van der Waals surface area contributed by atoms with Gasteiger partial charge in [-0.3, -0.25) is 4.79 Å². The van der Waals surface area contributed by atoms with Gasteiger partial charge in [-0.2, -0.15) is 4.98 Å². The van der Waals surface area contributed by atoms with Gasteiger partial charge >= 0.3 is 0 Å². The van der Waals surface area contributed by atoms with Crippen LogP contribution in [0.3, 0.4) is 0 Å². The summed E-state index contributed by atoms with van der Waals surface area (Å²) in [5.41, 5.74) is 1.83. The summed E-state index contributed by atoms with van der Waals surface area (Å²) < 4.78 is 19.4. The quantitative estimate of drug-likeness (QED) is 0.640. The molecular weight excluding hydrogens is 399 g/mol. The lowest BCUT2D eigenvalue weighted by atomic mass is 9.96. The van der Waals surface area contributed by atoms with Crippen LogP contribution in [0.5, 0.6) is 0 Å². The van der Waals surface area contributed by atoms with Crippen LogP contribution in [0.2, 0.25) is 0 Å². The molecular formula is C22H25FN6O2. The number of aryl methyl sites for hydroxylation is 1. The fraction of sp³-hybridized carbons (Fsp3) is 0.455. The minimum Gasteiger partial charge on any atom is -0.366 e. The topological polar surface area (TPSA) is 78.6 Å². The van der Waals surface area contributed by atoms with Crippen molar-refractivity contribution in [3.05, 3.63) is 42.1 Å². The van der Waals surface area contributed by atoms with E-state index in [2.05, 4.69) is 20.0 Å². The molecule has 2 fully saturated rings. The van der Waals surface area contributed by atoms with E-state index in [-0.39, 0.29) is 17.6 Å². The molecule has 0 saturated carbocycles. The Morgan fingerprint density at radius 3 is 2.71 bits per heavy atom. The second-order valence-corrected chi connectivity index (χ2v) is 8.19. The number of nitrogens with zero attached hydrogens (tertiary/aromatic N) is 6. The molecule has 4 heterocycles. The maximum Gasteiger partial charge on any atom is 0.263 e. The Hall–Kier alpha value is -3.23. The molecule has 31 heavy (non-hydrogen) atoms. The molecule has 0 bridgehead atoms. The predicted octanol–water partition coefficient (Wildman–Crippen LogP) is 2.63. The molecule has 3 aromatic rings. The number of hydrogen-bond acceptors (Lipinski definition) is 7. The van der Waals surface area contributed by atoms with E-state index in [9.17, 15) is 9.18 Å². The smallest absolute Gasteiger partial charge is 0.263 e. The van der Waals surface area contributed by atoms with E-state index in [0.29, 0.717) is 44.1 Å². The highest BCUT2D eigenvalue weighted by atomic mass is 19.1. The van der Waals surface area contributed by atoms with Gasteiger partial charge in [0.1, 0.15) is 23.3 Å². The standard InChI is InChI=1S/C22H25FN6O2/c1-15-19-20(24-14-25-21(19)31-26-15)29-8-4-5-16(13-29)22(30)28-11-9-27(10-12-28)18-7-3-2-6-17(18)23/h2-3,6-7,14,16H,4-5,8-13H2,1H3/t16-/m1/s1. The molecule has 0 aliphatic carbocycles. The number of piperidine rings is 1. The highest BCUT2D eigenvalue weighted by Gasteiger charge is 2.32. The Morgan fingerprint density at radius 1 is 1.10 bits per heavy atom. The number of benzene rings is 1. The molecule has 2 aromatic heterocycles. The minimum absolute atomic E-state index is 0.0843. The zero-order valence-electron chi connectivity index (χ0n) is 17.5. The van der Waals surface area contributed by atoms with Gasteiger partial charge in [-0.15, -0.1) is 0 Å². The average Bonchev–Trinajstić information content (AvgIpc) is 3.20. The number of amides is 1. The molecule has 2 aliphatic rings. The van der Waals surface area contributed by atoms with Crippen LogP contribution in [0.1, 0.15) is 18.5 Å². The third-order valence-electron chi connectivity index (χ3n) is 6.28. The van der Waals surface area contributed by atoms with E-state index >= 15 is 0 Å². The van der Waals surface area contributed by atoms with Crippen molar-refractivity contribution in [2.45, 2.75) is 19.8 Å². The molecule has 9 heteroatoms. The largest absolute Gasteiger partial charge is 0.366 e. The van der Waals surface area contributed by atoms with Crippen LogP contribution >= 0.6 is 0 Å². The van der Waals surface area contributed by atoms with Crippen LogP contribution in [0.25, 0.3) is 11.1 Å². The van der Waals surface area contributed by atoms with E-state index in [0.717, 1.165) is 36.3 Å². The summed E-state index contributed by atoms with van der Waals surface area (Å²) >= 11 is 0. The first-order chi connectivity index (χ1) is 15.1. The number of fused-ring (bicyclic) bond motifs is 1. The molecule has 0 N–H and O–H groups in total. The molecule has 1 aromatic carbocycles. The first kappa shape index (κ1) is 19.7. The number of anilines is 2. The lowest BCUT2D eigenvalue weighted by Gasteiger charge is -2.40. The van der Waals surface area contributed by atoms with Gasteiger partial charge in [-0.25, -0.2) is 9.37 Å². The summed E-state index contributed by atoms with van der Waals surface area (Å²) in [5.74, 6) is 0.653. The van der Waals surface area contributed by atoms with E-state index in [4.69, 9.17) is 4.52 Å². The van der Waals surface area contributed by atoms with Gasteiger partial charge in [0.05, 0.1) is 17.3 Å². The Kier molecular flexibility index (Phi) is 5.17. The number of carbonyl (C=O) groups excluding carboxylic acids is 1. The SMILES string of the molecule is Cc1noc2ncnc(N3CCC[C@@H](C(=O)N4CCN(c5ccccc5F)CC4)C3)c12. The van der Waals surface area contributed by atoms with Crippen molar-refractivity contribution in [2.24, 2.45) is 5.92 Å². The van der Waals surface area contributed by atoms with Crippen molar-refractivity contribution in [1.82, 2.24) is 20.0 Å². The monoisotopic (exact) mass is 424 g/mol. The van der Waals surface area contributed by atoms with E-state index < -0.39 is 0 Å². The third kappa shape index (κ3) is 3.68. The van der Waals surface area contributed by atoms with Gasteiger partial charge in [-0.05, 0) is 31.9 Å². The Balaban J connectivity index is 1.26. The second kappa shape index (κ2) is 8.13. The number of hydrogen-bond donors (Lipinski definition) is 0. The van der Waals surface area contributed by atoms with Gasteiger partial charge in [0, 0.05) is 39.3 Å². The van der Waals surface area contributed by atoms with Gasteiger partial charge in [0.25, 0.3) is 5.71 Å². The molecule has 0 radical (unpaired) electrons. The molecule has 8 nitrogen and oxygen atoms in total. The van der Waals surface area contributed by atoms with Crippen LogP contribution < -0.4 is 9.80 Å². The van der Waals surface area contributed by atoms with E-state index in [1.54, 1.807) is 12.1 Å². The van der Waals surface area contributed by atoms with Crippen LogP contribution in [0, 0.1) is 18.7 Å². The van der Waals surface area contributed by atoms with Crippen molar-refractivity contribution in [1.29, 1.82) is 0 Å². The fourth-order valence-corrected chi connectivity index (χ4v) is 4.65. The Bertz CT molecular complexity index is 1090. The van der Waals surface area contributed by atoms with E-state index in [1.165, 1.54) is 12.4 Å². The highest BCUT2D eigenvalue weighted by Crippen LogP contribution is 2.30. The van der Waals surface area contributed by atoms with Crippen molar-refractivity contribution in [3.63, 3.8) is 0 Å². The molecule has 2 aliphatic heterocycles. The van der Waals surface area contributed by atoms with Crippen LogP contribution in [0.15, 0.2) is 35.1 Å². The lowest BCUT2D eigenvalue weighted by Crippen LogP contribution is -2.52. The Labute approximate surface area is 179 Å². The van der Waals surface area contributed by atoms with Gasteiger partial charge < -0.3 is 19.2 Å². The summed E-state index contributed by atoms with van der Waals surface area (Å²) in [6, 6.07) is 6.81. The first-order valence-electron chi connectivity index (χ1n) is 10.7. The molecule has 2 saturated heterocycles. The molecule has 1 atom stereocenters. The molecule has 162 valence electrons. The summed E-state index contributed by atoms with van der Waals surface area (Å²) in [6.07, 6.45) is 3.26. The molecule has 0 unspecified atom stereocenters. The third-order valence-corrected chi connectivity index (χ3v) is 6.28. The fourth-order valence-electron chi connectivity index (χ4n) is 4.65. The zero-order valence-corrected chi connectivity index (χ0v) is 17.5. The Morgan fingerprint density at radius 2 is 1.90 bits per heavy atom.